The van der Waals surface area contributed by atoms with Gasteiger partial charge in [-0.15, -0.1) is 0 Å². The molecule has 39 heavy (non-hydrogen) atoms. The number of allylic oxidation sites excluding steroid dienone is 1. The molecule has 0 amide bonds. The van der Waals surface area contributed by atoms with Gasteiger partial charge in [0, 0.05) is 30.4 Å². The van der Waals surface area contributed by atoms with Crippen molar-refractivity contribution in [3.63, 3.8) is 0 Å². The SMILES string of the molecule is CCOC(=O)C1=C(C)N=c2s/c(=C\c3ccc(N(CC)CC)cc3O)c(=O)n2[C@H]1c1ccc(OC(C)C)cc1. The Morgan fingerprint density at radius 1 is 1.15 bits per heavy atom. The van der Waals surface area contributed by atoms with Crippen LogP contribution in [0.4, 0.5) is 5.69 Å². The number of benzene rings is 2. The molecular formula is C30H35N3O5S. The summed E-state index contributed by atoms with van der Waals surface area (Å²) in [5.41, 5.74) is 2.70. The smallest absolute Gasteiger partial charge is 0.338 e. The van der Waals surface area contributed by atoms with Crippen molar-refractivity contribution < 1.29 is 19.4 Å². The Balaban J connectivity index is 1.85. The minimum Gasteiger partial charge on any atom is -0.507 e. The van der Waals surface area contributed by atoms with E-state index in [0.29, 0.717) is 31.9 Å². The zero-order chi connectivity index (χ0) is 28.3. The summed E-state index contributed by atoms with van der Waals surface area (Å²) in [4.78, 5) is 34.1. The summed E-state index contributed by atoms with van der Waals surface area (Å²) < 4.78 is 13.1. The second kappa shape index (κ2) is 11.9. The molecule has 0 aliphatic carbocycles. The Kier molecular flexibility index (Phi) is 8.60. The monoisotopic (exact) mass is 549 g/mol. The minimum absolute atomic E-state index is 0.0169. The fourth-order valence-electron chi connectivity index (χ4n) is 4.69. The Bertz CT molecular complexity index is 1560. The highest BCUT2D eigenvalue weighted by molar-refractivity contribution is 7.07. The number of hydrogen-bond acceptors (Lipinski definition) is 8. The molecule has 8 nitrogen and oxygen atoms in total. The van der Waals surface area contributed by atoms with Crippen LogP contribution in [0.2, 0.25) is 0 Å². The molecule has 3 aromatic rings. The van der Waals surface area contributed by atoms with E-state index >= 15 is 0 Å². The maximum Gasteiger partial charge on any atom is 0.338 e. The number of carbonyl (C=O) groups excluding carboxylic acids is 1. The van der Waals surface area contributed by atoms with Gasteiger partial charge in [0.1, 0.15) is 11.5 Å². The first-order valence-electron chi connectivity index (χ1n) is 13.2. The number of phenols is 1. The van der Waals surface area contributed by atoms with Gasteiger partial charge < -0.3 is 19.5 Å². The van der Waals surface area contributed by atoms with Crippen molar-refractivity contribution in [1.29, 1.82) is 0 Å². The number of phenolic OH excluding ortho intramolecular Hbond substituents is 1. The van der Waals surface area contributed by atoms with E-state index in [1.165, 1.54) is 15.9 Å². The molecule has 0 radical (unpaired) electrons. The molecule has 4 rings (SSSR count). The first kappa shape index (κ1) is 28.2. The number of esters is 1. The average molecular weight is 550 g/mol. The van der Waals surface area contributed by atoms with E-state index < -0.39 is 12.0 Å². The largest absolute Gasteiger partial charge is 0.507 e. The quantitative estimate of drug-likeness (QED) is 0.404. The van der Waals surface area contributed by atoms with Gasteiger partial charge in [0.2, 0.25) is 0 Å². The lowest BCUT2D eigenvalue weighted by Crippen LogP contribution is -2.39. The molecule has 1 aliphatic rings. The number of nitrogens with zero attached hydrogens (tertiary/aromatic N) is 3. The molecule has 0 saturated heterocycles. The fourth-order valence-corrected chi connectivity index (χ4v) is 5.73. The average Bonchev–Trinajstić information content (AvgIpc) is 3.20. The van der Waals surface area contributed by atoms with Crippen molar-refractivity contribution >= 4 is 29.1 Å². The third-order valence-corrected chi connectivity index (χ3v) is 7.50. The Morgan fingerprint density at radius 2 is 1.85 bits per heavy atom. The van der Waals surface area contributed by atoms with Gasteiger partial charge in [-0.25, -0.2) is 9.79 Å². The van der Waals surface area contributed by atoms with E-state index in [4.69, 9.17) is 9.47 Å². The Morgan fingerprint density at radius 3 is 2.44 bits per heavy atom. The molecule has 206 valence electrons. The van der Waals surface area contributed by atoms with Crippen molar-refractivity contribution in [3.8, 4) is 11.5 Å². The molecule has 2 heterocycles. The van der Waals surface area contributed by atoms with E-state index in [-0.39, 0.29) is 24.0 Å². The van der Waals surface area contributed by atoms with E-state index in [1.807, 2.05) is 44.2 Å². The lowest BCUT2D eigenvalue weighted by Gasteiger charge is -2.25. The highest BCUT2D eigenvalue weighted by Crippen LogP contribution is 2.32. The normalized spacial score (nSPS) is 15.3. The van der Waals surface area contributed by atoms with Gasteiger partial charge in [0.25, 0.3) is 5.56 Å². The first-order chi connectivity index (χ1) is 18.7. The van der Waals surface area contributed by atoms with Crippen LogP contribution in [0.1, 0.15) is 58.7 Å². The molecule has 1 aliphatic heterocycles. The van der Waals surface area contributed by atoms with Crippen molar-refractivity contribution in [2.45, 2.75) is 53.7 Å². The first-order valence-corrected chi connectivity index (χ1v) is 14.0. The van der Waals surface area contributed by atoms with Gasteiger partial charge >= 0.3 is 5.97 Å². The van der Waals surface area contributed by atoms with E-state index in [0.717, 1.165) is 24.3 Å². The molecule has 2 aromatic carbocycles. The molecule has 0 spiro atoms. The van der Waals surface area contributed by atoms with Gasteiger partial charge in [-0.2, -0.15) is 0 Å². The van der Waals surface area contributed by atoms with E-state index in [9.17, 15) is 14.7 Å². The lowest BCUT2D eigenvalue weighted by atomic mass is 9.96. The molecular weight excluding hydrogens is 514 g/mol. The minimum atomic E-state index is -0.714. The molecule has 1 aromatic heterocycles. The Labute approximate surface area is 232 Å². The third-order valence-electron chi connectivity index (χ3n) is 6.51. The van der Waals surface area contributed by atoms with Gasteiger partial charge in [-0.05, 0) is 77.4 Å². The Hall–Kier alpha value is -3.85. The molecule has 0 unspecified atom stereocenters. The highest BCUT2D eigenvalue weighted by Gasteiger charge is 2.33. The van der Waals surface area contributed by atoms with Crippen LogP contribution in [-0.2, 0) is 9.53 Å². The highest BCUT2D eigenvalue weighted by atomic mass is 32.1. The summed E-state index contributed by atoms with van der Waals surface area (Å²) in [6.07, 6.45) is 1.69. The summed E-state index contributed by atoms with van der Waals surface area (Å²) in [6, 6.07) is 12.1. The second-order valence-electron chi connectivity index (χ2n) is 9.45. The molecule has 0 saturated carbocycles. The van der Waals surface area contributed by atoms with Gasteiger partial charge in [-0.3, -0.25) is 9.36 Å². The molecule has 0 bridgehead atoms. The summed E-state index contributed by atoms with van der Waals surface area (Å²) in [5, 5.41) is 10.8. The topological polar surface area (TPSA) is 93.4 Å². The van der Waals surface area contributed by atoms with E-state index in [1.54, 1.807) is 32.1 Å². The van der Waals surface area contributed by atoms with E-state index in [2.05, 4.69) is 23.7 Å². The number of thiazole rings is 1. The second-order valence-corrected chi connectivity index (χ2v) is 10.5. The van der Waals surface area contributed by atoms with Crippen molar-refractivity contribution in [2.75, 3.05) is 24.6 Å². The van der Waals surface area contributed by atoms with Crippen LogP contribution < -0.4 is 24.5 Å². The molecule has 1 N–H and O–H groups in total. The number of rotatable bonds is 9. The number of fused-ring (bicyclic) bond motifs is 1. The maximum absolute atomic E-state index is 13.8. The number of hydrogen-bond donors (Lipinski definition) is 1. The summed E-state index contributed by atoms with van der Waals surface area (Å²) in [7, 11) is 0. The van der Waals surface area contributed by atoms with Crippen LogP contribution in [0, 0.1) is 0 Å². The van der Waals surface area contributed by atoms with Crippen LogP contribution in [-0.4, -0.2) is 41.4 Å². The zero-order valence-electron chi connectivity index (χ0n) is 23.2. The van der Waals surface area contributed by atoms with Crippen LogP contribution >= 0.6 is 11.3 Å². The number of aromatic nitrogens is 1. The predicted molar refractivity (Wildman–Crippen MR) is 154 cm³/mol. The van der Waals surface area contributed by atoms with Crippen LogP contribution in [0.3, 0.4) is 0 Å². The standard InChI is InChI=1S/C30H35N3O5S/c1-7-32(8-2)22-13-10-21(24(34)17-22)16-25-28(35)33-27(20-11-14-23(15-12-20)38-18(4)5)26(29(36)37-9-3)19(6)31-30(33)39-25/h10-18,27,34H,7-9H2,1-6H3/b25-16-/t27-/m0/s1. The van der Waals surface area contributed by atoms with Crippen LogP contribution in [0.25, 0.3) is 6.08 Å². The summed E-state index contributed by atoms with van der Waals surface area (Å²) >= 11 is 1.22. The lowest BCUT2D eigenvalue weighted by molar-refractivity contribution is -0.139. The number of carbonyl (C=O) groups is 1. The number of ether oxygens (including phenoxy) is 2. The van der Waals surface area contributed by atoms with Gasteiger partial charge in [-0.1, -0.05) is 23.5 Å². The zero-order valence-corrected chi connectivity index (χ0v) is 24.0. The maximum atomic E-state index is 13.8. The number of anilines is 1. The van der Waals surface area contributed by atoms with Crippen molar-refractivity contribution in [2.24, 2.45) is 4.99 Å². The molecule has 9 heteroatoms. The van der Waals surface area contributed by atoms with Crippen LogP contribution in [0.15, 0.2) is 63.5 Å². The van der Waals surface area contributed by atoms with Crippen LogP contribution in [0.5, 0.6) is 11.5 Å². The molecule has 1 atom stereocenters. The number of aromatic hydroxyl groups is 1. The predicted octanol–water partition coefficient (Wildman–Crippen LogP) is 4.14. The van der Waals surface area contributed by atoms with Gasteiger partial charge in [0.15, 0.2) is 4.80 Å². The van der Waals surface area contributed by atoms with Crippen molar-refractivity contribution in [1.82, 2.24) is 4.57 Å². The summed E-state index contributed by atoms with van der Waals surface area (Å²) in [5.74, 6) is 0.277. The third kappa shape index (κ3) is 5.78. The fraction of sp³-hybridized carbons (Fsp3) is 0.367. The summed E-state index contributed by atoms with van der Waals surface area (Å²) in [6.45, 7) is 13.4. The van der Waals surface area contributed by atoms with Gasteiger partial charge in [0.05, 0.1) is 34.6 Å². The molecule has 0 fully saturated rings. The van der Waals surface area contributed by atoms with Crippen molar-refractivity contribution in [3.05, 3.63) is 84.5 Å².